The van der Waals surface area contributed by atoms with Crippen molar-refractivity contribution in [3.63, 3.8) is 0 Å². The van der Waals surface area contributed by atoms with Crippen LogP contribution in [0.1, 0.15) is 58.1 Å². The zero-order valence-electron chi connectivity index (χ0n) is 13.3. The topological polar surface area (TPSA) is 41.0 Å². The molecule has 0 atom stereocenters. The first-order valence-corrected chi connectivity index (χ1v) is 7.88. The quantitative estimate of drug-likeness (QED) is 0.896. The molecule has 1 saturated carbocycles. The Morgan fingerprint density at radius 1 is 1.25 bits per heavy atom. The van der Waals surface area contributed by atoms with E-state index in [0.717, 1.165) is 24.1 Å². The summed E-state index contributed by atoms with van der Waals surface area (Å²) in [7, 11) is 2.23. The summed E-state index contributed by atoms with van der Waals surface area (Å²) in [5, 5.41) is 3.58. The molecular weight excluding hydrogens is 248 g/mol. The molecule has 0 radical (unpaired) electrons. The summed E-state index contributed by atoms with van der Waals surface area (Å²) in [5.41, 5.74) is 1.11. The van der Waals surface area contributed by atoms with Crippen LogP contribution < -0.4 is 5.32 Å². The highest BCUT2D eigenvalue weighted by Gasteiger charge is 2.23. The van der Waals surface area contributed by atoms with Crippen LogP contribution in [0.15, 0.2) is 12.4 Å². The van der Waals surface area contributed by atoms with Crippen molar-refractivity contribution >= 4 is 5.82 Å². The van der Waals surface area contributed by atoms with Gasteiger partial charge in [0.1, 0.15) is 12.1 Å². The Morgan fingerprint density at radius 3 is 2.55 bits per heavy atom. The van der Waals surface area contributed by atoms with Gasteiger partial charge in [0.05, 0.1) is 0 Å². The molecule has 1 aliphatic carbocycles. The van der Waals surface area contributed by atoms with Crippen LogP contribution in [0, 0.1) is 0 Å². The zero-order valence-corrected chi connectivity index (χ0v) is 13.3. The zero-order chi connectivity index (χ0) is 14.5. The van der Waals surface area contributed by atoms with Crippen molar-refractivity contribution in [3.8, 4) is 0 Å². The lowest BCUT2D eigenvalue weighted by Crippen LogP contribution is -2.38. The number of rotatable bonds is 5. The molecule has 0 aromatic carbocycles. The van der Waals surface area contributed by atoms with Gasteiger partial charge in [-0.05, 0) is 45.2 Å². The van der Waals surface area contributed by atoms with Crippen molar-refractivity contribution in [2.45, 2.75) is 64.5 Å². The van der Waals surface area contributed by atoms with Crippen LogP contribution in [0.25, 0.3) is 0 Å². The summed E-state index contributed by atoms with van der Waals surface area (Å²) in [5.74, 6) is 1.43. The lowest BCUT2D eigenvalue weighted by Gasteiger charge is -2.34. The fraction of sp³-hybridized carbons (Fsp3) is 0.750. The first kappa shape index (κ1) is 15.2. The summed E-state index contributed by atoms with van der Waals surface area (Å²) in [6.45, 7) is 7.71. The number of nitrogens with one attached hydrogen (secondary N) is 1. The Hall–Kier alpha value is -1.16. The van der Waals surface area contributed by atoms with Gasteiger partial charge in [-0.3, -0.25) is 0 Å². The van der Waals surface area contributed by atoms with Gasteiger partial charge < -0.3 is 10.2 Å². The lowest BCUT2D eigenvalue weighted by molar-refractivity contribution is 0.194. The van der Waals surface area contributed by atoms with Crippen LogP contribution in [-0.2, 0) is 0 Å². The second kappa shape index (κ2) is 7.02. The van der Waals surface area contributed by atoms with Crippen molar-refractivity contribution in [1.29, 1.82) is 0 Å². The molecule has 1 aromatic heterocycles. The monoisotopic (exact) mass is 276 g/mol. The average molecular weight is 276 g/mol. The Labute approximate surface area is 123 Å². The molecule has 20 heavy (non-hydrogen) atoms. The van der Waals surface area contributed by atoms with Gasteiger partial charge in [0.25, 0.3) is 0 Å². The summed E-state index contributed by atoms with van der Waals surface area (Å²) in [6, 6.07) is 3.41. The van der Waals surface area contributed by atoms with Gasteiger partial charge in [0, 0.05) is 23.8 Å². The van der Waals surface area contributed by atoms with E-state index in [2.05, 4.69) is 54.1 Å². The van der Waals surface area contributed by atoms with Gasteiger partial charge >= 0.3 is 0 Å². The number of hydrogen-bond donors (Lipinski definition) is 1. The molecule has 1 N–H and O–H groups in total. The van der Waals surface area contributed by atoms with E-state index in [1.165, 1.54) is 25.7 Å². The minimum Gasteiger partial charge on any atom is -0.367 e. The van der Waals surface area contributed by atoms with Gasteiger partial charge in [0.15, 0.2) is 0 Å². The second-order valence-corrected chi connectivity index (χ2v) is 6.21. The first-order valence-electron chi connectivity index (χ1n) is 7.88. The van der Waals surface area contributed by atoms with Crippen LogP contribution >= 0.6 is 0 Å². The van der Waals surface area contributed by atoms with E-state index in [0.29, 0.717) is 12.0 Å². The van der Waals surface area contributed by atoms with Crippen LogP contribution in [0.4, 0.5) is 5.82 Å². The van der Waals surface area contributed by atoms with E-state index in [1.807, 2.05) is 0 Å². The predicted octanol–water partition coefficient (Wildman–Crippen LogP) is 3.27. The van der Waals surface area contributed by atoms with Crippen LogP contribution in [0.2, 0.25) is 0 Å². The SMILES string of the molecule is CCN(C)C1CCC(Nc2cc(C(C)C)ncn2)CC1. The molecule has 4 nitrogen and oxygen atoms in total. The highest BCUT2D eigenvalue weighted by Crippen LogP contribution is 2.25. The Morgan fingerprint density at radius 2 is 1.95 bits per heavy atom. The summed E-state index contributed by atoms with van der Waals surface area (Å²) >= 11 is 0. The second-order valence-electron chi connectivity index (χ2n) is 6.21. The van der Waals surface area contributed by atoms with Crippen molar-refractivity contribution in [3.05, 3.63) is 18.1 Å². The molecule has 0 unspecified atom stereocenters. The molecule has 1 aromatic rings. The Balaban J connectivity index is 1.88. The van der Waals surface area contributed by atoms with Crippen LogP contribution in [-0.4, -0.2) is 40.5 Å². The molecule has 0 aliphatic heterocycles. The molecule has 1 aliphatic rings. The normalized spacial score (nSPS) is 23.3. The standard InChI is InChI=1S/C16H28N4/c1-5-20(4)14-8-6-13(7-9-14)19-16-10-15(12(2)3)17-11-18-16/h10-14H,5-9H2,1-4H3,(H,17,18,19). The maximum absolute atomic E-state index is 4.35. The molecule has 0 amide bonds. The average Bonchev–Trinajstić information content (AvgIpc) is 2.47. The maximum atomic E-state index is 4.35. The third-order valence-corrected chi connectivity index (χ3v) is 4.45. The van der Waals surface area contributed by atoms with Gasteiger partial charge in [-0.1, -0.05) is 20.8 Å². The fourth-order valence-electron chi connectivity index (χ4n) is 2.90. The minimum atomic E-state index is 0.451. The van der Waals surface area contributed by atoms with E-state index in [9.17, 15) is 0 Å². The molecule has 1 heterocycles. The molecule has 112 valence electrons. The predicted molar refractivity (Wildman–Crippen MR) is 84.1 cm³/mol. The summed E-state index contributed by atoms with van der Waals surface area (Å²) in [6.07, 6.45) is 6.70. The third-order valence-electron chi connectivity index (χ3n) is 4.45. The fourth-order valence-corrected chi connectivity index (χ4v) is 2.90. The molecule has 0 bridgehead atoms. The highest BCUT2D eigenvalue weighted by molar-refractivity contribution is 5.36. The lowest BCUT2D eigenvalue weighted by atomic mass is 9.90. The smallest absolute Gasteiger partial charge is 0.129 e. The van der Waals surface area contributed by atoms with Crippen molar-refractivity contribution in [1.82, 2.24) is 14.9 Å². The van der Waals surface area contributed by atoms with Crippen molar-refractivity contribution < 1.29 is 0 Å². The molecule has 2 rings (SSSR count). The molecule has 4 heteroatoms. The van der Waals surface area contributed by atoms with Gasteiger partial charge in [-0.2, -0.15) is 0 Å². The Kier molecular flexibility index (Phi) is 5.35. The van der Waals surface area contributed by atoms with Crippen molar-refractivity contribution in [2.75, 3.05) is 18.9 Å². The molecular formula is C16H28N4. The van der Waals surface area contributed by atoms with E-state index in [4.69, 9.17) is 0 Å². The first-order chi connectivity index (χ1) is 9.60. The van der Waals surface area contributed by atoms with Gasteiger partial charge in [0.2, 0.25) is 0 Å². The Bertz CT molecular complexity index is 411. The van der Waals surface area contributed by atoms with E-state index < -0.39 is 0 Å². The van der Waals surface area contributed by atoms with Crippen LogP contribution in [0.3, 0.4) is 0 Å². The summed E-state index contributed by atoms with van der Waals surface area (Å²) in [4.78, 5) is 11.1. The number of hydrogen-bond acceptors (Lipinski definition) is 4. The largest absolute Gasteiger partial charge is 0.367 e. The number of aromatic nitrogens is 2. The molecule has 1 fully saturated rings. The van der Waals surface area contributed by atoms with Gasteiger partial charge in [-0.15, -0.1) is 0 Å². The molecule has 0 spiro atoms. The minimum absolute atomic E-state index is 0.451. The maximum Gasteiger partial charge on any atom is 0.129 e. The van der Waals surface area contributed by atoms with E-state index in [-0.39, 0.29) is 0 Å². The third kappa shape index (κ3) is 3.92. The van der Waals surface area contributed by atoms with Gasteiger partial charge in [-0.25, -0.2) is 9.97 Å². The van der Waals surface area contributed by atoms with E-state index in [1.54, 1.807) is 6.33 Å². The number of nitrogens with zero attached hydrogens (tertiary/aromatic N) is 3. The highest BCUT2D eigenvalue weighted by atomic mass is 15.1. The summed E-state index contributed by atoms with van der Waals surface area (Å²) < 4.78 is 0. The van der Waals surface area contributed by atoms with E-state index >= 15 is 0 Å². The van der Waals surface area contributed by atoms with Crippen molar-refractivity contribution in [2.24, 2.45) is 0 Å². The number of anilines is 1. The van der Waals surface area contributed by atoms with Crippen LogP contribution in [0.5, 0.6) is 0 Å². The molecule has 0 saturated heterocycles.